The van der Waals surface area contributed by atoms with Crippen LogP contribution in [-0.2, 0) is 14.3 Å². The van der Waals surface area contributed by atoms with Gasteiger partial charge in [0.1, 0.15) is 24.4 Å². The van der Waals surface area contributed by atoms with Gasteiger partial charge in [0.15, 0.2) is 6.23 Å². The molecule has 0 saturated carbocycles. The van der Waals surface area contributed by atoms with Gasteiger partial charge < -0.3 is 25.6 Å². The Labute approximate surface area is 140 Å². The minimum Gasteiger partial charge on any atom is -0.387 e. The van der Waals surface area contributed by atoms with Crippen LogP contribution in [0.5, 0.6) is 0 Å². The molecule has 5 atom stereocenters. The molecule has 2 aliphatic heterocycles. The Hall–Kier alpha value is -2.50. The molecule has 1 aromatic rings. The van der Waals surface area contributed by atoms with Gasteiger partial charge in [0.2, 0.25) is 11.8 Å². The first-order chi connectivity index (χ1) is 11.9. The topological polar surface area (TPSA) is 163 Å². The fourth-order valence-electron chi connectivity index (χ4n) is 2.89. The second-order valence-electron chi connectivity index (χ2n) is 5.97. The van der Waals surface area contributed by atoms with Crippen LogP contribution in [-0.4, -0.2) is 62.5 Å². The number of hydrogen-bond donors (Lipinski definition) is 5. The van der Waals surface area contributed by atoms with Crippen molar-refractivity contribution >= 4 is 11.8 Å². The van der Waals surface area contributed by atoms with Crippen molar-refractivity contribution in [1.82, 2.24) is 20.2 Å². The van der Waals surface area contributed by atoms with E-state index in [4.69, 9.17) is 4.74 Å². The van der Waals surface area contributed by atoms with Gasteiger partial charge in [-0.2, -0.15) is 0 Å². The van der Waals surface area contributed by atoms with E-state index in [0.29, 0.717) is 6.42 Å². The third kappa shape index (κ3) is 3.48. The largest absolute Gasteiger partial charge is 0.387 e. The number of carbonyl (C=O) groups excluding carboxylic acids is 2. The number of nitrogens with one attached hydrogen (secondary N) is 3. The van der Waals surface area contributed by atoms with E-state index in [1.54, 1.807) is 0 Å². The molecule has 0 radical (unpaired) electrons. The average molecular weight is 354 g/mol. The van der Waals surface area contributed by atoms with Crippen LogP contribution >= 0.6 is 0 Å². The summed E-state index contributed by atoms with van der Waals surface area (Å²) in [5.74, 6) is -0.619. The summed E-state index contributed by atoms with van der Waals surface area (Å²) in [6.45, 7) is -0.113. The van der Waals surface area contributed by atoms with E-state index >= 15 is 0 Å². The van der Waals surface area contributed by atoms with E-state index in [1.165, 1.54) is 0 Å². The molecular formula is C14H18N4O7. The summed E-state index contributed by atoms with van der Waals surface area (Å²) in [6, 6.07) is 0.454. The third-order valence-electron chi connectivity index (χ3n) is 4.25. The summed E-state index contributed by atoms with van der Waals surface area (Å²) in [5, 5.41) is 25.2. The van der Waals surface area contributed by atoms with Crippen LogP contribution < -0.4 is 21.9 Å². The lowest BCUT2D eigenvalue weighted by Crippen LogP contribution is -2.46. The number of aromatic amines is 1. The fraction of sp³-hybridized carbons (Fsp3) is 0.571. The fourth-order valence-corrected chi connectivity index (χ4v) is 2.89. The van der Waals surface area contributed by atoms with Gasteiger partial charge >= 0.3 is 5.69 Å². The number of aliphatic hydroxyl groups is 2. The smallest absolute Gasteiger partial charge is 0.330 e. The lowest BCUT2D eigenvalue weighted by molar-refractivity contribution is -0.126. The van der Waals surface area contributed by atoms with E-state index in [0.717, 1.165) is 16.8 Å². The van der Waals surface area contributed by atoms with Crippen LogP contribution in [0.3, 0.4) is 0 Å². The van der Waals surface area contributed by atoms with Gasteiger partial charge in [-0.3, -0.25) is 23.9 Å². The zero-order valence-corrected chi connectivity index (χ0v) is 13.0. The van der Waals surface area contributed by atoms with Gasteiger partial charge in [-0.1, -0.05) is 0 Å². The number of H-pyrrole nitrogens is 1. The van der Waals surface area contributed by atoms with Crippen molar-refractivity contribution in [3.05, 3.63) is 33.1 Å². The standard InChI is InChI=1S/C14H18N4O7/c19-8-2-1-6(16-8)12(23)15-5-7-10(21)11(22)13(25-7)18-4-3-9(20)17-14(18)24/h3-4,6-7,10-11,13,21-22H,1-2,5H2,(H,15,23)(H,16,19)(H,17,20,24)/t6?,7-,10-,11+,13-/m1/s1. The first-order valence-corrected chi connectivity index (χ1v) is 7.77. The molecule has 2 saturated heterocycles. The Morgan fingerprint density at radius 3 is 2.72 bits per heavy atom. The summed E-state index contributed by atoms with van der Waals surface area (Å²) in [7, 11) is 0. The molecule has 11 nitrogen and oxygen atoms in total. The van der Waals surface area contributed by atoms with Crippen molar-refractivity contribution in [2.45, 2.75) is 43.4 Å². The average Bonchev–Trinajstić information content (AvgIpc) is 3.11. The maximum atomic E-state index is 12.0. The van der Waals surface area contributed by atoms with Crippen LogP contribution in [0.15, 0.2) is 21.9 Å². The van der Waals surface area contributed by atoms with Gasteiger partial charge in [-0.25, -0.2) is 4.79 Å². The molecule has 2 fully saturated rings. The summed E-state index contributed by atoms with van der Waals surface area (Å²) in [6.07, 6.45) is -3.12. The number of amides is 2. The zero-order chi connectivity index (χ0) is 18.1. The van der Waals surface area contributed by atoms with Gasteiger partial charge in [-0.05, 0) is 6.42 Å². The van der Waals surface area contributed by atoms with E-state index in [-0.39, 0.29) is 18.9 Å². The Kier molecular flexibility index (Phi) is 4.70. The quantitative estimate of drug-likeness (QED) is 0.375. The van der Waals surface area contributed by atoms with E-state index in [1.807, 2.05) is 4.98 Å². The van der Waals surface area contributed by atoms with Gasteiger partial charge in [0, 0.05) is 25.2 Å². The highest BCUT2D eigenvalue weighted by atomic mass is 16.6. The Balaban J connectivity index is 1.64. The lowest BCUT2D eigenvalue weighted by atomic mass is 10.1. The molecule has 25 heavy (non-hydrogen) atoms. The van der Waals surface area contributed by atoms with Crippen LogP contribution in [0.4, 0.5) is 0 Å². The minimum atomic E-state index is -1.42. The van der Waals surface area contributed by atoms with Crippen LogP contribution in [0.1, 0.15) is 19.1 Å². The summed E-state index contributed by atoms with van der Waals surface area (Å²) in [4.78, 5) is 48.0. The zero-order valence-electron chi connectivity index (χ0n) is 13.0. The normalized spacial score (nSPS) is 31.8. The van der Waals surface area contributed by atoms with E-state index in [9.17, 15) is 29.4 Å². The van der Waals surface area contributed by atoms with Crippen LogP contribution in [0.2, 0.25) is 0 Å². The molecule has 11 heteroatoms. The van der Waals surface area contributed by atoms with Crippen molar-refractivity contribution in [1.29, 1.82) is 0 Å². The molecule has 0 aliphatic carbocycles. The molecule has 5 N–H and O–H groups in total. The molecule has 2 amide bonds. The first-order valence-electron chi connectivity index (χ1n) is 7.77. The summed E-state index contributed by atoms with van der Waals surface area (Å²) >= 11 is 0. The summed E-state index contributed by atoms with van der Waals surface area (Å²) in [5.41, 5.74) is -1.39. The SMILES string of the molecule is O=C1CCC(C(=O)NC[C@H]2O[C@@H](n3ccc(=O)[nH]c3=O)[C@@H](O)[C@@H]2O)N1. The molecule has 2 aliphatic rings. The molecule has 3 rings (SSSR count). The predicted octanol–water partition coefficient (Wildman–Crippen LogP) is -3.45. The number of aliphatic hydroxyl groups excluding tert-OH is 2. The molecule has 0 aromatic carbocycles. The van der Waals surface area contributed by atoms with Crippen molar-refractivity contribution < 1.29 is 24.5 Å². The Bertz CT molecular complexity index is 788. The first kappa shape index (κ1) is 17.3. The van der Waals surface area contributed by atoms with Gasteiger partial charge in [0.25, 0.3) is 5.56 Å². The second-order valence-corrected chi connectivity index (χ2v) is 5.97. The number of hydrogen-bond acceptors (Lipinski definition) is 7. The monoisotopic (exact) mass is 354 g/mol. The molecular weight excluding hydrogens is 336 g/mol. The van der Waals surface area contributed by atoms with Crippen LogP contribution in [0, 0.1) is 0 Å². The third-order valence-corrected chi connectivity index (χ3v) is 4.25. The maximum Gasteiger partial charge on any atom is 0.330 e. The highest BCUT2D eigenvalue weighted by molar-refractivity contribution is 5.90. The van der Waals surface area contributed by atoms with Crippen molar-refractivity contribution in [3.63, 3.8) is 0 Å². The molecule has 0 bridgehead atoms. The van der Waals surface area contributed by atoms with E-state index < -0.39 is 47.7 Å². The molecule has 0 spiro atoms. The molecule has 1 unspecified atom stereocenters. The number of rotatable bonds is 4. The highest BCUT2D eigenvalue weighted by Crippen LogP contribution is 2.27. The number of carbonyl (C=O) groups is 2. The minimum absolute atomic E-state index is 0.113. The maximum absolute atomic E-state index is 12.0. The molecule has 136 valence electrons. The Morgan fingerprint density at radius 1 is 1.32 bits per heavy atom. The number of ether oxygens (including phenoxy) is 1. The van der Waals surface area contributed by atoms with Crippen molar-refractivity contribution in [2.24, 2.45) is 0 Å². The van der Waals surface area contributed by atoms with Crippen molar-refractivity contribution in [3.8, 4) is 0 Å². The summed E-state index contributed by atoms with van der Waals surface area (Å²) < 4.78 is 6.42. The Morgan fingerprint density at radius 2 is 2.08 bits per heavy atom. The van der Waals surface area contributed by atoms with Crippen LogP contribution in [0.25, 0.3) is 0 Å². The number of aromatic nitrogens is 2. The highest BCUT2D eigenvalue weighted by Gasteiger charge is 2.44. The predicted molar refractivity (Wildman–Crippen MR) is 81.4 cm³/mol. The van der Waals surface area contributed by atoms with E-state index in [2.05, 4.69) is 10.6 Å². The van der Waals surface area contributed by atoms with Crippen molar-refractivity contribution in [2.75, 3.05) is 6.54 Å². The number of nitrogens with zero attached hydrogens (tertiary/aromatic N) is 1. The molecule has 3 heterocycles. The van der Waals surface area contributed by atoms with Gasteiger partial charge in [-0.15, -0.1) is 0 Å². The molecule has 1 aromatic heterocycles. The second kappa shape index (κ2) is 6.78. The van der Waals surface area contributed by atoms with Gasteiger partial charge in [0.05, 0.1) is 0 Å². The lowest BCUT2D eigenvalue weighted by Gasteiger charge is -2.17.